The van der Waals surface area contributed by atoms with Gasteiger partial charge in [-0.25, -0.2) is 4.79 Å². The van der Waals surface area contributed by atoms with E-state index in [9.17, 15) is 4.79 Å². The molecule has 1 aromatic rings. The Morgan fingerprint density at radius 1 is 1.31 bits per heavy atom. The van der Waals surface area contributed by atoms with Crippen molar-refractivity contribution in [3.8, 4) is 0 Å². The minimum atomic E-state index is -0.356. The molecule has 0 atom stereocenters. The van der Waals surface area contributed by atoms with E-state index in [1.54, 1.807) is 0 Å². The molecule has 0 aromatic carbocycles. The molecular weight excluding hydrogens is 190 g/mol. The topological polar surface area (TPSA) is 57.8 Å². The second-order valence-corrected chi connectivity index (χ2v) is 3.40. The molecular formula is C8H10ClN3O. The number of nitrogens with zero attached hydrogens (tertiary/aromatic N) is 1. The van der Waals surface area contributed by atoms with Gasteiger partial charge in [-0.05, 0) is 13.0 Å². The Bertz CT molecular complexity index is 374. The highest BCUT2D eigenvalue weighted by molar-refractivity contribution is 6.30. The van der Waals surface area contributed by atoms with E-state index in [4.69, 9.17) is 11.6 Å². The van der Waals surface area contributed by atoms with Crippen molar-refractivity contribution >= 4 is 11.6 Å². The fraction of sp³-hybridized carbons (Fsp3) is 0.500. The smallest absolute Gasteiger partial charge is 0.316 e. The summed E-state index contributed by atoms with van der Waals surface area (Å²) in [5, 5.41) is 3.58. The first-order valence-electron chi connectivity index (χ1n) is 4.25. The minimum Gasteiger partial charge on any atom is -0.316 e. The molecule has 1 aromatic heterocycles. The Morgan fingerprint density at radius 3 is 2.92 bits per heavy atom. The molecule has 1 aliphatic rings. The zero-order chi connectivity index (χ0) is 9.26. The standard InChI is InChI=1S/C8H10ClN3O/c9-7-5-1-3-10-4-2-6(5)11-8(13)12-7/h10H,1-4H2,(H,11,12,13). The molecule has 5 heteroatoms. The number of halogens is 1. The first-order chi connectivity index (χ1) is 6.27. The van der Waals surface area contributed by atoms with E-state index in [0.29, 0.717) is 5.15 Å². The molecule has 0 bridgehead atoms. The molecule has 13 heavy (non-hydrogen) atoms. The number of hydrogen-bond acceptors (Lipinski definition) is 3. The van der Waals surface area contributed by atoms with Gasteiger partial charge in [-0.3, -0.25) is 0 Å². The van der Waals surface area contributed by atoms with Gasteiger partial charge < -0.3 is 10.3 Å². The summed E-state index contributed by atoms with van der Waals surface area (Å²) in [6.07, 6.45) is 1.64. The summed E-state index contributed by atoms with van der Waals surface area (Å²) in [7, 11) is 0. The van der Waals surface area contributed by atoms with Crippen LogP contribution in [-0.2, 0) is 12.8 Å². The van der Waals surface area contributed by atoms with Gasteiger partial charge in [-0.15, -0.1) is 0 Å². The van der Waals surface area contributed by atoms with Gasteiger partial charge in [-0.1, -0.05) is 11.6 Å². The summed E-state index contributed by atoms with van der Waals surface area (Å²) in [4.78, 5) is 17.4. The molecule has 0 saturated carbocycles. The Kier molecular flexibility index (Phi) is 2.33. The van der Waals surface area contributed by atoms with Gasteiger partial charge in [0, 0.05) is 24.2 Å². The fourth-order valence-corrected chi connectivity index (χ4v) is 1.82. The van der Waals surface area contributed by atoms with E-state index in [1.165, 1.54) is 0 Å². The second kappa shape index (κ2) is 3.47. The number of nitrogens with one attached hydrogen (secondary N) is 2. The van der Waals surface area contributed by atoms with Crippen molar-refractivity contribution in [3.63, 3.8) is 0 Å². The molecule has 1 aliphatic heterocycles. The number of aromatic amines is 1. The Hall–Kier alpha value is -0.870. The van der Waals surface area contributed by atoms with E-state index >= 15 is 0 Å². The highest BCUT2D eigenvalue weighted by atomic mass is 35.5. The van der Waals surface area contributed by atoms with Crippen molar-refractivity contribution in [2.45, 2.75) is 12.8 Å². The lowest BCUT2D eigenvalue weighted by Gasteiger charge is -2.04. The number of hydrogen-bond donors (Lipinski definition) is 2. The van der Waals surface area contributed by atoms with Crippen molar-refractivity contribution in [2.24, 2.45) is 0 Å². The summed E-state index contributed by atoms with van der Waals surface area (Å²) < 4.78 is 0. The molecule has 4 nitrogen and oxygen atoms in total. The van der Waals surface area contributed by atoms with Crippen molar-refractivity contribution in [3.05, 3.63) is 26.9 Å². The van der Waals surface area contributed by atoms with E-state index in [2.05, 4.69) is 15.3 Å². The quantitative estimate of drug-likeness (QED) is 0.584. The SMILES string of the molecule is O=c1nc(Cl)c2c([nH]1)CCNCC2. The summed E-state index contributed by atoms with van der Waals surface area (Å²) >= 11 is 5.86. The third-order valence-electron chi connectivity index (χ3n) is 2.17. The van der Waals surface area contributed by atoms with Gasteiger partial charge in [0.25, 0.3) is 0 Å². The maximum Gasteiger partial charge on any atom is 0.346 e. The molecule has 0 amide bonds. The van der Waals surface area contributed by atoms with Crippen LogP contribution in [0.15, 0.2) is 4.79 Å². The van der Waals surface area contributed by atoms with Crippen LogP contribution in [0.3, 0.4) is 0 Å². The van der Waals surface area contributed by atoms with Crippen molar-refractivity contribution < 1.29 is 0 Å². The maximum absolute atomic E-state index is 11.0. The fourth-order valence-electron chi connectivity index (χ4n) is 1.53. The first-order valence-corrected chi connectivity index (χ1v) is 4.63. The van der Waals surface area contributed by atoms with E-state index in [0.717, 1.165) is 37.2 Å². The largest absolute Gasteiger partial charge is 0.346 e. The van der Waals surface area contributed by atoms with Crippen LogP contribution in [0.1, 0.15) is 11.3 Å². The van der Waals surface area contributed by atoms with Crippen LogP contribution >= 0.6 is 11.6 Å². The molecule has 70 valence electrons. The summed E-state index contributed by atoms with van der Waals surface area (Å²) in [6, 6.07) is 0. The first kappa shape index (κ1) is 8.72. The van der Waals surface area contributed by atoms with Crippen molar-refractivity contribution in [1.82, 2.24) is 15.3 Å². The second-order valence-electron chi connectivity index (χ2n) is 3.04. The zero-order valence-electron chi connectivity index (χ0n) is 7.06. The Labute approximate surface area is 80.3 Å². The van der Waals surface area contributed by atoms with E-state index in [1.807, 2.05) is 0 Å². The summed E-state index contributed by atoms with van der Waals surface area (Å²) in [5.41, 5.74) is 1.55. The van der Waals surface area contributed by atoms with Crippen LogP contribution in [0.4, 0.5) is 0 Å². The molecule has 0 aliphatic carbocycles. The third-order valence-corrected chi connectivity index (χ3v) is 2.49. The van der Waals surface area contributed by atoms with Crippen molar-refractivity contribution in [1.29, 1.82) is 0 Å². The minimum absolute atomic E-state index is 0.349. The number of fused-ring (bicyclic) bond motifs is 1. The summed E-state index contributed by atoms with van der Waals surface area (Å²) in [5.74, 6) is 0. The molecule has 0 spiro atoms. The molecule has 2 N–H and O–H groups in total. The molecule has 2 rings (SSSR count). The normalized spacial score (nSPS) is 16.4. The zero-order valence-corrected chi connectivity index (χ0v) is 7.82. The number of H-pyrrole nitrogens is 1. The third kappa shape index (κ3) is 1.73. The van der Waals surface area contributed by atoms with Crippen LogP contribution < -0.4 is 11.0 Å². The Balaban J connectivity index is 2.53. The predicted octanol–water partition coefficient (Wildman–Crippen LogP) is 0.111. The van der Waals surface area contributed by atoms with E-state index < -0.39 is 0 Å². The van der Waals surface area contributed by atoms with Gasteiger partial charge in [0.1, 0.15) is 5.15 Å². The maximum atomic E-state index is 11.0. The van der Waals surface area contributed by atoms with Crippen molar-refractivity contribution in [2.75, 3.05) is 13.1 Å². The number of aromatic nitrogens is 2. The van der Waals surface area contributed by atoms with Gasteiger partial charge in [0.15, 0.2) is 0 Å². The lowest BCUT2D eigenvalue weighted by Crippen LogP contribution is -2.17. The van der Waals surface area contributed by atoms with Crippen LogP contribution in [0.2, 0.25) is 5.15 Å². The van der Waals surface area contributed by atoms with Crippen LogP contribution in [0.25, 0.3) is 0 Å². The van der Waals surface area contributed by atoms with Crippen LogP contribution in [0, 0.1) is 0 Å². The molecule has 0 unspecified atom stereocenters. The highest BCUT2D eigenvalue weighted by Gasteiger charge is 2.12. The molecule has 0 saturated heterocycles. The van der Waals surface area contributed by atoms with Crippen LogP contribution in [0.5, 0.6) is 0 Å². The van der Waals surface area contributed by atoms with Gasteiger partial charge >= 0.3 is 5.69 Å². The number of rotatable bonds is 0. The highest BCUT2D eigenvalue weighted by Crippen LogP contribution is 2.16. The van der Waals surface area contributed by atoms with Crippen LogP contribution in [-0.4, -0.2) is 23.1 Å². The molecule has 0 radical (unpaired) electrons. The van der Waals surface area contributed by atoms with E-state index in [-0.39, 0.29) is 5.69 Å². The Morgan fingerprint density at radius 2 is 2.08 bits per heavy atom. The average Bonchev–Trinajstić information content (AvgIpc) is 2.28. The van der Waals surface area contributed by atoms with Gasteiger partial charge in [-0.2, -0.15) is 4.98 Å². The average molecular weight is 200 g/mol. The predicted molar refractivity (Wildman–Crippen MR) is 50.1 cm³/mol. The monoisotopic (exact) mass is 199 g/mol. The molecule has 2 heterocycles. The van der Waals surface area contributed by atoms with Gasteiger partial charge in [0.05, 0.1) is 0 Å². The lowest BCUT2D eigenvalue weighted by molar-refractivity contribution is 0.708. The molecule has 0 fully saturated rings. The van der Waals surface area contributed by atoms with Gasteiger partial charge in [0.2, 0.25) is 0 Å². The summed E-state index contributed by atoms with van der Waals surface area (Å²) in [6.45, 7) is 1.77. The lowest BCUT2D eigenvalue weighted by atomic mass is 10.1.